The molecule has 1 aromatic heterocycles. The SMILES string of the molecule is Cc1c(C(=O)NCCCN(C)c2ccccc2F)nnn1C1CCNCC1. The maximum absolute atomic E-state index is 13.8. The zero-order valence-electron chi connectivity index (χ0n) is 15.9. The summed E-state index contributed by atoms with van der Waals surface area (Å²) in [6, 6.07) is 6.98. The standard InChI is InChI=1S/C19H27FN6O/c1-14-18(23-24-26(14)15-8-11-21-12-9-15)19(27)22-10-5-13-25(2)17-7-4-3-6-16(17)20/h3-4,6-7,15,21H,5,8-13H2,1-2H3,(H,22,27). The van der Waals surface area contributed by atoms with Gasteiger partial charge in [-0.3, -0.25) is 4.79 Å². The van der Waals surface area contributed by atoms with Gasteiger partial charge in [0.05, 0.1) is 17.4 Å². The van der Waals surface area contributed by atoms with Crippen molar-refractivity contribution in [1.29, 1.82) is 0 Å². The number of nitrogens with zero attached hydrogens (tertiary/aromatic N) is 4. The number of benzene rings is 1. The van der Waals surface area contributed by atoms with Gasteiger partial charge in [0, 0.05) is 20.1 Å². The van der Waals surface area contributed by atoms with Crippen LogP contribution >= 0.6 is 0 Å². The van der Waals surface area contributed by atoms with Crippen LogP contribution < -0.4 is 15.5 Å². The van der Waals surface area contributed by atoms with Crippen LogP contribution in [0.1, 0.15) is 41.5 Å². The molecule has 1 aromatic carbocycles. The van der Waals surface area contributed by atoms with E-state index in [1.54, 1.807) is 12.1 Å². The fraction of sp³-hybridized carbons (Fsp3) is 0.526. The van der Waals surface area contributed by atoms with Gasteiger partial charge in [-0.2, -0.15) is 0 Å². The monoisotopic (exact) mass is 374 g/mol. The first-order valence-corrected chi connectivity index (χ1v) is 9.44. The van der Waals surface area contributed by atoms with Crippen LogP contribution in [0.4, 0.5) is 10.1 Å². The molecule has 1 fully saturated rings. The zero-order valence-corrected chi connectivity index (χ0v) is 15.9. The average Bonchev–Trinajstić information content (AvgIpc) is 3.07. The van der Waals surface area contributed by atoms with Gasteiger partial charge in [0.15, 0.2) is 5.69 Å². The number of halogens is 1. The smallest absolute Gasteiger partial charge is 0.273 e. The van der Waals surface area contributed by atoms with Crippen LogP contribution in [0.3, 0.4) is 0 Å². The molecule has 146 valence electrons. The number of aromatic nitrogens is 3. The van der Waals surface area contributed by atoms with E-state index in [-0.39, 0.29) is 11.7 Å². The van der Waals surface area contributed by atoms with Crippen molar-refractivity contribution in [3.05, 3.63) is 41.5 Å². The van der Waals surface area contributed by atoms with Crippen molar-refractivity contribution in [2.75, 3.05) is 38.1 Å². The molecule has 0 unspecified atom stereocenters. The first-order chi connectivity index (χ1) is 13.1. The van der Waals surface area contributed by atoms with E-state index in [2.05, 4.69) is 20.9 Å². The first-order valence-electron chi connectivity index (χ1n) is 9.44. The van der Waals surface area contributed by atoms with Crippen molar-refractivity contribution < 1.29 is 9.18 Å². The lowest BCUT2D eigenvalue weighted by molar-refractivity contribution is 0.0947. The Labute approximate surface area is 158 Å². The molecule has 2 heterocycles. The molecule has 0 bridgehead atoms. The fourth-order valence-electron chi connectivity index (χ4n) is 3.43. The van der Waals surface area contributed by atoms with Crippen molar-refractivity contribution in [2.45, 2.75) is 32.2 Å². The Morgan fingerprint density at radius 2 is 2.11 bits per heavy atom. The molecule has 0 spiro atoms. The highest BCUT2D eigenvalue weighted by molar-refractivity contribution is 5.93. The van der Waals surface area contributed by atoms with Crippen LogP contribution in [-0.4, -0.2) is 54.1 Å². The summed E-state index contributed by atoms with van der Waals surface area (Å²) < 4.78 is 15.6. The van der Waals surface area contributed by atoms with E-state index in [4.69, 9.17) is 0 Å². The largest absolute Gasteiger partial charge is 0.372 e. The Balaban J connectivity index is 1.48. The van der Waals surface area contributed by atoms with Crippen molar-refractivity contribution in [3.8, 4) is 0 Å². The van der Waals surface area contributed by atoms with Gasteiger partial charge < -0.3 is 15.5 Å². The first kappa shape index (κ1) is 19.3. The second-order valence-corrected chi connectivity index (χ2v) is 6.93. The summed E-state index contributed by atoms with van der Waals surface area (Å²) in [6.07, 6.45) is 2.69. The Kier molecular flexibility index (Phi) is 6.39. The summed E-state index contributed by atoms with van der Waals surface area (Å²) in [5, 5.41) is 14.5. The predicted molar refractivity (Wildman–Crippen MR) is 103 cm³/mol. The molecule has 0 radical (unpaired) electrons. The Morgan fingerprint density at radius 3 is 2.85 bits per heavy atom. The maximum Gasteiger partial charge on any atom is 0.273 e. The molecule has 0 saturated carbocycles. The molecule has 1 aliphatic rings. The minimum absolute atomic E-state index is 0.207. The predicted octanol–water partition coefficient (Wildman–Crippen LogP) is 1.91. The van der Waals surface area contributed by atoms with Gasteiger partial charge in [0.2, 0.25) is 0 Å². The molecule has 27 heavy (non-hydrogen) atoms. The number of rotatable bonds is 7. The van der Waals surface area contributed by atoms with Crippen molar-refractivity contribution in [1.82, 2.24) is 25.6 Å². The van der Waals surface area contributed by atoms with Crippen LogP contribution in [0.25, 0.3) is 0 Å². The number of amides is 1. The van der Waals surface area contributed by atoms with E-state index < -0.39 is 0 Å². The van der Waals surface area contributed by atoms with E-state index >= 15 is 0 Å². The molecule has 3 rings (SSSR count). The summed E-state index contributed by atoms with van der Waals surface area (Å²) in [5.74, 6) is -0.449. The zero-order chi connectivity index (χ0) is 19.2. The van der Waals surface area contributed by atoms with E-state index in [0.29, 0.717) is 36.9 Å². The minimum atomic E-state index is -0.241. The van der Waals surface area contributed by atoms with Crippen molar-refractivity contribution in [2.24, 2.45) is 0 Å². The highest BCUT2D eigenvalue weighted by atomic mass is 19.1. The molecule has 1 aliphatic heterocycles. The van der Waals surface area contributed by atoms with E-state index in [1.165, 1.54) is 6.07 Å². The van der Waals surface area contributed by atoms with Gasteiger partial charge >= 0.3 is 0 Å². The van der Waals surface area contributed by atoms with Crippen LogP contribution in [0.5, 0.6) is 0 Å². The quantitative estimate of drug-likeness (QED) is 0.724. The molecule has 2 N–H and O–H groups in total. The second-order valence-electron chi connectivity index (χ2n) is 6.93. The molecule has 1 saturated heterocycles. The number of para-hydroxylation sites is 1. The Hall–Kier alpha value is -2.48. The van der Waals surface area contributed by atoms with Crippen LogP contribution in [-0.2, 0) is 0 Å². The third-order valence-electron chi connectivity index (χ3n) is 5.02. The van der Waals surface area contributed by atoms with Gasteiger partial charge in [0.25, 0.3) is 5.91 Å². The lowest BCUT2D eigenvalue weighted by Gasteiger charge is -2.23. The summed E-state index contributed by atoms with van der Waals surface area (Å²) >= 11 is 0. The third-order valence-corrected chi connectivity index (χ3v) is 5.02. The summed E-state index contributed by atoms with van der Waals surface area (Å²) in [7, 11) is 1.84. The highest BCUT2D eigenvalue weighted by Crippen LogP contribution is 2.20. The number of nitrogens with one attached hydrogen (secondary N) is 2. The summed E-state index contributed by atoms with van der Waals surface area (Å²) in [5.41, 5.74) is 1.75. The molecular weight excluding hydrogens is 347 g/mol. The molecular formula is C19H27FN6O. The van der Waals surface area contributed by atoms with Crippen molar-refractivity contribution in [3.63, 3.8) is 0 Å². The molecule has 0 aliphatic carbocycles. The molecule has 8 heteroatoms. The average molecular weight is 374 g/mol. The maximum atomic E-state index is 13.8. The molecule has 0 atom stereocenters. The number of carbonyl (C=O) groups is 1. The third kappa shape index (κ3) is 4.63. The fourth-order valence-corrected chi connectivity index (χ4v) is 3.43. The van der Waals surface area contributed by atoms with Gasteiger partial charge in [-0.15, -0.1) is 5.10 Å². The topological polar surface area (TPSA) is 75.1 Å². The Morgan fingerprint density at radius 1 is 1.37 bits per heavy atom. The Bertz CT molecular complexity index is 771. The van der Waals surface area contributed by atoms with E-state index in [0.717, 1.165) is 31.6 Å². The summed E-state index contributed by atoms with van der Waals surface area (Å²) in [4.78, 5) is 14.3. The van der Waals surface area contributed by atoms with Crippen LogP contribution in [0, 0.1) is 12.7 Å². The normalized spacial score (nSPS) is 14.9. The highest BCUT2D eigenvalue weighted by Gasteiger charge is 2.22. The number of piperidine rings is 1. The van der Waals surface area contributed by atoms with Gasteiger partial charge in [-0.1, -0.05) is 17.3 Å². The lowest BCUT2D eigenvalue weighted by Crippen LogP contribution is -2.31. The van der Waals surface area contributed by atoms with E-state index in [9.17, 15) is 9.18 Å². The van der Waals surface area contributed by atoms with E-state index in [1.807, 2.05) is 29.6 Å². The number of anilines is 1. The molecule has 1 amide bonds. The summed E-state index contributed by atoms with van der Waals surface area (Å²) in [6.45, 7) is 4.95. The lowest BCUT2D eigenvalue weighted by atomic mass is 10.1. The molecule has 7 nitrogen and oxygen atoms in total. The van der Waals surface area contributed by atoms with Crippen LogP contribution in [0.15, 0.2) is 24.3 Å². The van der Waals surface area contributed by atoms with Crippen molar-refractivity contribution >= 4 is 11.6 Å². The van der Waals surface area contributed by atoms with Gasteiger partial charge in [0.1, 0.15) is 5.82 Å². The van der Waals surface area contributed by atoms with Gasteiger partial charge in [-0.25, -0.2) is 9.07 Å². The van der Waals surface area contributed by atoms with Crippen LogP contribution in [0.2, 0.25) is 0 Å². The minimum Gasteiger partial charge on any atom is -0.372 e. The van der Waals surface area contributed by atoms with Gasteiger partial charge in [-0.05, 0) is 51.4 Å². The number of hydrogen-bond donors (Lipinski definition) is 2. The number of carbonyl (C=O) groups excluding carboxylic acids is 1. The molecule has 2 aromatic rings. The second kappa shape index (κ2) is 8.94. The number of hydrogen-bond acceptors (Lipinski definition) is 5.